The molecule has 1 aliphatic heterocycles. The van der Waals surface area contributed by atoms with Gasteiger partial charge in [-0.2, -0.15) is 5.26 Å². The first-order chi connectivity index (χ1) is 11.6. The van der Waals surface area contributed by atoms with Gasteiger partial charge in [-0.05, 0) is 42.3 Å². The van der Waals surface area contributed by atoms with E-state index in [9.17, 15) is 0 Å². The first-order valence-corrected chi connectivity index (χ1v) is 8.00. The van der Waals surface area contributed by atoms with E-state index in [0.29, 0.717) is 17.3 Å². The summed E-state index contributed by atoms with van der Waals surface area (Å²) in [7, 11) is 0. The van der Waals surface area contributed by atoms with Crippen LogP contribution in [0.15, 0.2) is 42.7 Å². The molecule has 1 aliphatic rings. The van der Waals surface area contributed by atoms with Crippen LogP contribution < -0.4 is 10.4 Å². The molecule has 1 atom stereocenters. The van der Waals surface area contributed by atoms with Crippen molar-refractivity contribution in [3.63, 3.8) is 0 Å². The summed E-state index contributed by atoms with van der Waals surface area (Å²) in [5.41, 5.74) is 8.02. The number of pyridine rings is 2. The van der Waals surface area contributed by atoms with E-state index in [4.69, 9.17) is 16.9 Å². The molecule has 118 valence electrons. The highest BCUT2D eigenvalue weighted by molar-refractivity contribution is 6.31. The Balaban J connectivity index is 1.66. The molecule has 1 aromatic carbocycles. The van der Waals surface area contributed by atoms with Crippen molar-refractivity contribution in [2.75, 3.05) is 5.01 Å². The average Bonchev–Trinajstić information content (AvgIpc) is 2.90. The molecule has 1 unspecified atom stereocenters. The minimum atomic E-state index is 0.145. The van der Waals surface area contributed by atoms with Crippen molar-refractivity contribution in [3.05, 3.63) is 64.6 Å². The van der Waals surface area contributed by atoms with Crippen LogP contribution in [0.4, 0.5) is 5.69 Å². The standard InChI is InChI=1S/C18H14ClN5/c1-11-16-6-15(7-20)21-9-18(16)24(23-11)10-12-2-3-17-13(4-12)5-14(19)8-22-17/h2-6,8-9,11,23H,10H2,1H3. The largest absolute Gasteiger partial charge is 0.302 e. The summed E-state index contributed by atoms with van der Waals surface area (Å²) in [6.45, 7) is 2.76. The number of hydrogen-bond donors (Lipinski definition) is 1. The molecule has 0 radical (unpaired) electrons. The SMILES string of the molecule is CC1NN(Cc2ccc3ncc(Cl)cc3c2)c2cnc(C#N)cc21. The van der Waals surface area contributed by atoms with Crippen molar-refractivity contribution in [2.24, 2.45) is 0 Å². The van der Waals surface area contributed by atoms with Gasteiger partial charge < -0.3 is 5.01 Å². The molecule has 4 rings (SSSR count). The Morgan fingerprint density at radius 2 is 2.12 bits per heavy atom. The predicted molar refractivity (Wildman–Crippen MR) is 93.4 cm³/mol. The van der Waals surface area contributed by atoms with E-state index < -0.39 is 0 Å². The molecular weight excluding hydrogens is 322 g/mol. The van der Waals surface area contributed by atoms with Crippen LogP contribution in [0.3, 0.4) is 0 Å². The summed E-state index contributed by atoms with van der Waals surface area (Å²) in [4.78, 5) is 8.51. The summed E-state index contributed by atoms with van der Waals surface area (Å²) in [5.74, 6) is 0. The third kappa shape index (κ3) is 2.56. The van der Waals surface area contributed by atoms with Gasteiger partial charge in [-0.3, -0.25) is 4.98 Å². The summed E-state index contributed by atoms with van der Waals surface area (Å²) in [6.07, 6.45) is 3.41. The van der Waals surface area contributed by atoms with Gasteiger partial charge in [0.15, 0.2) is 0 Å². The summed E-state index contributed by atoms with van der Waals surface area (Å²) >= 11 is 6.04. The van der Waals surface area contributed by atoms with E-state index in [1.54, 1.807) is 12.4 Å². The second-order valence-corrected chi connectivity index (χ2v) is 6.29. The van der Waals surface area contributed by atoms with Gasteiger partial charge in [0.1, 0.15) is 11.8 Å². The van der Waals surface area contributed by atoms with Crippen molar-refractivity contribution in [3.8, 4) is 6.07 Å². The zero-order chi connectivity index (χ0) is 16.7. The maximum Gasteiger partial charge on any atom is 0.140 e. The van der Waals surface area contributed by atoms with Gasteiger partial charge in [0.2, 0.25) is 0 Å². The second kappa shape index (κ2) is 5.75. The Bertz CT molecular complexity index is 979. The van der Waals surface area contributed by atoms with Gasteiger partial charge >= 0.3 is 0 Å². The zero-order valence-corrected chi connectivity index (χ0v) is 13.7. The number of benzene rings is 1. The Hall–Kier alpha value is -2.68. The predicted octanol–water partition coefficient (Wildman–Crippen LogP) is 3.74. The van der Waals surface area contributed by atoms with Crippen LogP contribution in [0.2, 0.25) is 5.02 Å². The lowest BCUT2D eigenvalue weighted by Crippen LogP contribution is -2.32. The number of nitrogens with one attached hydrogen (secondary N) is 1. The Morgan fingerprint density at radius 1 is 1.25 bits per heavy atom. The van der Waals surface area contributed by atoms with Crippen molar-refractivity contribution in [2.45, 2.75) is 19.5 Å². The van der Waals surface area contributed by atoms with Gasteiger partial charge in [-0.1, -0.05) is 17.7 Å². The molecule has 6 heteroatoms. The van der Waals surface area contributed by atoms with Gasteiger partial charge in [0.05, 0.1) is 35.0 Å². The minimum Gasteiger partial charge on any atom is -0.302 e. The highest BCUT2D eigenvalue weighted by Gasteiger charge is 2.26. The smallest absolute Gasteiger partial charge is 0.140 e. The van der Waals surface area contributed by atoms with Crippen molar-refractivity contribution < 1.29 is 0 Å². The van der Waals surface area contributed by atoms with Crippen LogP contribution in [0.5, 0.6) is 0 Å². The maximum absolute atomic E-state index is 9.02. The van der Waals surface area contributed by atoms with Crippen LogP contribution in [-0.2, 0) is 6.54 Å². The molecule has 3 heterocycles. The molecule has 24 heavy (non-hydrogen) atoms. The molecule has 0 bridgehead atoms. The maximum atomic E-state index is 9.02. The molecule has 0 aliphatic carbocycles. The van der Waals surface area contributed by atoms with Gasteiger partial charge in [0, 0.05) is 11.6 Å². The van der Waals surface area contributed by atoms with Crippen molar-refractivity contribution in [1.82, 2.24) is 15.4 Å². The lowest BCUT2D eigenvalue weighted by molar-refractivity contribution is 0.579. The summed E-state index contributed by atoms with van der Waals surface area (Å²) in [5, 5.41) is 12.7. The second-order valence-electron chi connectivity index (χ2n) is 5.86. The van der Waals surface area contributed by atoms with Crippen molar-refractivity contribution in [1.29, 1.82) is 5.26 Å². The third-order valence-corrected chi connectivity index (χ3v) is 4.39. The molecular formula is C18H14ClN5. The normalized spacial score (nSPS) is 16.2. The number of hydrazine groups is 1. The number of hydrogen-bond acceptors (Lipinski definition) is 5. The highest BCUT2D eigenvalue weighted by atomic mass is 35.5. The van der Waals surface area contributed by atoms with E-state index in [1.165, 1.54) is 0 Å². The molecule has 3 aromatic rings. The summed E-state index contributed by atoms with van der Waals surface area (Å²) < 4.78 is 0. The Morgan fingerprint density at radius 3 is 2.96 bits per heavy atom. The molecule has 0 saturated heterocycles. The van der Waals surface area contributed by atoms with Crippen molar-refractivity contribution >= 4 is 28.2 Å². The molecule has 0 amide bonds. The molecule has 5 nitrogen and oxygen atoms in total. The lowest BCUT2D eigenvalue weighted by atomic mass is 10.1. The van der Waals surface area contributed by atoms with Crippen LogP contribution in [0.25, 0.3) is 10.9 Å². The number of aromatic nitrogens is 2. The topological polar surface area (TPSA) is 64.8 Å². The fraction of sp³-hybridized carbons (Fsp3) is 0.167. The van der Waals surface area contributed by atoms with Gasteiger partial charge in [-0.15, -0.1) is 0 Å². The molecule has 0 saturated carbocycles. The molecule has 2 aromatic heterocycles. The van der Waals surface area contributed by atoms with Crippen LogP contribution in [-0.4, -0.2) is 9.97 Å². The molecule has 0 spiro atoms. The van der Waals surface area contributed by atoms with Gasteiger partial charge in [-0.25, -0.2) is 10.4 Å². The minimum absolute atomic E-state index is 0.145. The number of halogens is 1. The molecule has 0 fully saturated rings. The number of nitriles is 1. The average molecular weight is 336 g/mol. The number of nitrogens with zero attached hydrogens (tertiary/aromatic N) is 4. The number of anilines is 1. The lowest BCUT2D eigenvalue weighted by Gasteiger charge is -2.20. The third-order valence-electron chi connectivity index (χ3n) is 4.19. The fourth-order valence-corrected chi connectivity index (χ4v) is 3.20. The van der Waals surface area contributed by atoms with Crippen LogP contribution >= 0.6 is 11.6 Å². The first-order valence-electron chi connectivity index (χ1n) is 7.62. The number of fused-ring (bicyclic) bond motifs is 2. The van der Waals surface area contributed by atoms with E-state index in [1.807, 2.05) is 18.2 Å². The monoisotopic (exact) mass is 335 g/mol. The van der Waals surface area contributed by atoms with Crippen LogP contribution in [0, 0.1) is 11.3 Å². The Labute approximate surface area is 144 Å². The number of rotatable bonds is 2. The Kier molecular flexibility index (Phi) is 3.57. The summed E-state index contributed by atoms with van der Waals surface area (Å²) in [6, 6.07) is 12.1. The van der Waals surface area contributed by atoms with E-state index in [2.05, 4.69) is 45.5 Å². The van der Waals surface area contributed by atoms with E-state index >= 15 is 0 Å². The quantitative estimate of drug-likeness (QED) is 0.772. The van der Waals surface area contributed by atoms with Gasteiger partial charge in [0.25, 0.3) is 0 Å². The zero-order valence-electron chi connectivity index (χ0n) is 13.0. The van der Waals surface area contributed by atoms with Crippen LogP contribution in [0.1, 0.15) is 29.8 Å². The molecule has 1 N–H and O–H groups in total. The first kappa shape index (κ1) is 14.9. The van der Waals surface area contributed by atoms with E-state index in [0.717, 1.165) is 27.7 Å². The highest BCUT2D eigenvalue weighted by Crippen LogP contribution is 2.33. The fourth-order valence-electron chi connectivity index (χ4n) is 3.04. The van der Waals surface area contributed by atoms with E-state index in [-0.39, 0.29) is 6.04 Å².